The monoisotopic (exact) mass is 294 g/mol. The number of nitrogens with zero attached hydrogens (tertiary/aromatic N) is 1. The zero-order valence-corrected chi connectivity index (χ0v) is 13.0. The molecule has 0 spiro atoms. The number of carbonyl (C=O) groups is 1. The fraction of sp³-hybridized carbons (Fsp3) is 0.562. The molecular weight excluding hydrogens is 272 g/mol. The summed E-state index contributed by atoms with van der Waals surface area (Å²) in [5.74, 6) is 0.495. The van der Waals surface area contributed by atoms with Crippen molar-refractivity contribution < 1.29 is 4.79 Å². The van der Waals surface area contributed by atoms with Gasteiger partial charge in [0.2, 0.25) is 0 Å². The van der Waals surface area contributed by atoms with Crippen LogP contribution in [0.1, 0.15) is 41.6 Å². The van der Waals surface area contributed by atoms with Crippen LogP contribution in [0.5, 0.6) is 0 Å². The largest absolute Gasteiger partial charge is 0.338 e. The third-order valence-corrected chi connectivity index (χ3v) is 4.64. The van der Waals surface area contributed by atoms with E-state index in [1.165, 1.54) is 12.8 Å². The van der Waals surface area contributed by atoms with Crippen molar-refractivity contribution in [3.8, 4) is 0 Å². The molecule has 2 rings (SSSR count). The predicted molar refractivity (Wildman–Crippen MR) is 83.1 cm³/mol. The first-order valence-corrected chi connectivity index (χ1v) is 7.65. The molecular formula is C16H23ClN2O. The molecule has 2 N–H and O–H groups in total. The number of halogens is 1. The van der Waals surface area contributed by atoms with Crippen molar-refractivity contribution in [3.63, 3.8) is 0 Å². The summed E-state index contributed by atoms with van der Waals surface area (Å²) in [6.07, 6.45) is 4.58. The van der Waals surface area contributed by atoms with E-state index in [4.69, 9.17) is 17.3 Å². The maximum atomic E-state index is 12.7. The molecule has 1 aromatic carbocycles. The molecule has 0 heterocycles. The molecule has 1 aromatic rings. The van der Waals surface area contributed by atoms with Gasteiger partial charge in [-0.15, -0.1) is 0 Å². The molecule has 0 aliphatic heterocycles. The topological polar surface area (TPSA) is 46.3 Å². The van der Waals surface area contributed by atoms with Crippen LogP contribution in [0.25, 0.3) is 0 Å². The number of carbonyl (C=O) groups excluding carboxylic acids is 1. The normalized spacial score (nSPS) is 22.6. The molecule has 20 heavy (non-hydrogen) atoms. The standard InChI is InChI=1S/C16H23ClN2O/c1-11-9-13(17)7-8-14(11)16(20)19(2)15-6-4-3-5-12(15)10-18/h7-9,12,15H,3-6,10,18H2,1-2H3. The van der Waals surface area contributed by atoms with Gasteiger partial charge in [-0.1, -0.05) is 24.4 Å². The van der Waals surface area contributed by atoms with Crippen molar-refractivity contribution in [2.75, 3.05) is 13.6 Å². The lowest BCUT2D eigenvalue weighted by Gasteiger charge is -2.37. The van der Waals surface area contributed by atoms with Crippen LogP contribution in [0, 0.1) is 12.8 Å². The Morgan fingerprint density at radius 2 is 2.10 bits per heavy atom. The Kier molecular flexibility index (Phi) is 5.06. The van der Waals surface area contributed by atoms with Crippen LogP contribution in [-0.2, 0) is 0 Å². The van der Waals surface area contributed by atoms with Crippen molar-refractivity contribution in [2.45, 2.75) is 38.6 Å². The number of amides is 1. The number of hydrogen-bond acceptors (Lipinski definition) is 2. The van der Waals surface area contributed by atoms with Crippen LogP contribution in [-0.4, -0.2) is 30.4 Å². The van der Waals surface area contributed by atoms with E-state index in [9.17, 15) is 4.79 Å². The molecule has 0 bridgehead atoms. The van der Waals surface area contributed by atoms with Gasteiger partial charge >= 0.3 is 0 Å². The Morgan fingerprint density at radius 3 is 2.75 bits per heavy atom. The van der Waals surface area contributed by atoms with Crippen LogP contribution in [0.15, 0.2) is 18.2 Å². The lowest BCUT2D eigenvalue weighted by atomic mass is 9.83. The molecule has 1 aliphatic carbocycles. The summed E-state index contributed by atoms with van der Waals surface area (Å²) in [5, 5.41) is 0.666. The number of rotatable bonds is 3. The van der Waals surface area contributed by atoms with Crippen molar-refractivity contribution >= 4 is 17.5 Å². The maximum absolute atomic E-state index is 12.7. The molecule has 0 saturated heterocycles. The summed E-state index contributed by atoms with van der Waals surface area (Å²) in [6, 6.07) is 5.69. The van der Waals surface area contributed by atoms with Gasteiger partial charge in [0.1, 0.15) is 0 Å². The van der Waals surface area contributed by atoms with E-state index in [-0.39, 0.29) is 11.9 Å². The number of benzene rings is 1. The lowest BCUT2D eigenvalue weighted by molar-refractivity contribution is 0.0619. The number of nitrogens with two attached hydrogens (primary N) is 1. The maximum Gasteiger partial charge on any atom is 0.254 e. The fourth-order valence-electron chi connectivity index (χ4n) is 3.18. The van der Waals surface area contributed by atoms with E-state index < -0.39 is 0 Å². The summed E-state index contributed by atoms with van der Waals surface area (Å²) in [6.45, 7) is 2.58. The quantitative estimate of drug-likeness (QED) is 0.930. The van der Waals surface area contributed by atoms with E-state index in [2.05, 4.69) is 0 Å². The van der Waals surface area contributed by atoms with Crippen LogP contribution >= 0.6 is 11.6 Å². The van der Waals surface area contributed by atoms with Crippen LogP contribution < -0.4 is 5.73 Å². The van der Waals surface area contributed by atoms with E-state index >= 15 is 0 Å². The second-order valence-corrected chi connectivity index (χ2v) is 6.16. The zero-order chi connectivity index (χ0) is 14.7. The first-order valence-electron chi connectivity index (χ1n) is 7.28. The first kappa shape index (κ1) is 15.3. The molecule has 0 radical (unpaired) electrons. The molecule has 1 amide bonds. The Bertz CT molecular complexity index is 489. The molecule has 110 valence electrons. The Hall–Kier alpha value is -1.06. The minimum Gasteiger partial charge on any atom is -0.338 e. The Balaban J connectivity index is 2.18. The summed E-state index contributed by atoms with van der Waals surface area (Å²) >= 11 is 5.95. The molecule has 4 heteroatoms. The third-order valence-electron chi connectivity index (χ3n) is 4.41. The molecule has 1 aliphatic rings. The number of hydrogen-bond donors (Lipinski definition) is 1. The number of aryl methyl sites for hydroxylation is 1. The van der Waals surface area contributed by atoms with Crippen molar-refractivity contribution in [1.82, 2.24) is 4.90 Å². The van der Waals surface area contributed by atoms with Gasteiger partial charge < -0.3 is 10.6 Å². The highest BCUT2D eigenvalue weighted by atomic mass is 35.5. The van der Waals surface area contributed by atoms with Gasteiger partial charge in [-0.25, -0.2) is 0 Å². The van der Waals surface area contributed by atoms with Gasteiger partial charge in [0, 0.05) is 23.7 Å². The SMILES string of the molecule is Cc1cc(Cl)ccc1C(=O)N(C)C1CCCCC1CN. The van der Waals surface area contributed by atoms with E-state index in [0.717, 1.165) is 24.0 Å². The summed E-state index contributed by atoms with van der Waals surface area (Å²) < 4.78 is 0. The van der Waals surface area contributed by atoms with Crippen LogP contribution in [0.4, 0.5) is 0 Å². The third kappa shape index (κ3) is 3.15. The Labute approximate surface area is 126 Å². The van der Waals surface area contributed by atoms with E-state index in [0.29, 0.717) is 17.5 Å². The average molecular weight is 295 g/mol. The highest BCUT2D eigenvalue weighted by Crippen LogP contribution is 2.28. The highest BCUT2D eigenvalue weighted by Gasteiger charge is 2.30. The molecule has 2 unspecified atom stereocenters. The van der Waals surface area contributed by atoms with Crippen molar-refractivity contribution in [3.05, 3.63) is 34.3 Å². The first-order chi connectivity index (χ1) is 9.54. The van der Waals surface area contributed by atoms with Gasteiger partial charge in [0.05, 0.1) is 0 Å². The van der Waals surface area contributed by atoms with Gasteiger partial charge in [0.15, 0.2) is 0 Å². The van der Waals surface area contributed by atoms with Gasteiger partial charge in [-0.05, 0) is 56.0 Å². The average Bonchev–Trinajstić information content (AvgIpc) is 2.45. The zero-order valence-electron chi connectivity index (χ0n) is 12.2. The van der Waals surface area contributed by atoms with Crippen molar-refractivity contribution in [1.29, 1.82) is 0 Å². The van der Waals surface area contributed by atoms with Crippen LogP contribution in [0.3, 0.4) is 0 Å². The van der Waals surface area contributed by atoms with E-state index in [1.807, 2.05) is 31.0 Å². The van der Waals surface area contributed by atoms with Gasteiger partial charge in [-0.2, -0.15) is 0 Å². The second kappa shape index (κ2) is 6.59. The molecule has 3 nitrogen and oxygen atoms in total. The molecule has 0 aromatic heterocycles. The van der Waals surface area contributed by atoms with E-state index in [1.54, 1.807) is 6.07 Å². The van der Waals surface area contributed by atoms with Gasteiger partial charge in [-0.3, -0.25) is 4.79 Å². The molecule has 1 fully saturated rings. The minimum absolute atomic E-state index is 0.0736. The minimum atomic E-state index is 0.0736. The Morgan fingerprint density at radius 1 is 1.40 bits per heavy atom. The molecule has 2 atom stereocenters. The predicted octanol–water partition coefficient (Wildman–Crippen LogP) is 3.24. The summed E-state index contributed by atoms with van der Waals surface area (Å²) in [4.78, 5) is 14.6. The fourth-order valence-corrected chi connectivity index (χ4v) is 3.41. The van der Waals surface area contributed by atoms with Crippen LogP contribution in [0.2, 0.25) is 5.02 Å². The summed E-state index contributed by atoms with van der Waals surface area (Å²) in [7, 11) is 1.90. The highest BCUT2D eigenvalue weighted by molar-refractivity contribution is 6.30. The molecule has 1 saturated carbocycles. The smallest absolute Gasteiger partial charge is 0.254 e. The van der Waals surface area contributed by atoms with Gasteiger partial charge in [0.25, 0.3) is 5.91 Å². The summed E-state index contributed by atoms with van der Waals surface area (Å²) in [5.41, 5.74) is 7.52. The lowest BCUT2D eigenvalue weighted by Crippen LogP contribution is -2.46. The second-order valence-electron chi connectivity index (χ2n) is 5.72. The van der Waals surface area contributed by atoms with Crippen molar-refractivity contribution in [2.24, 2.45) is 11.7 Å².